The fraction of sp³-hybridized carbons (Fsp3) is 0.231. The number of amides is 1. The molecule has 1 aromatic rings. The Morgan fingerprint density at radius 2 is 2.17 bits per heavy atom. The quantitative estimate of drug-likeness (QED) is 0.625. The SMILES string of the molecule is CCCN1C(=O)/C(=C/c2ccccc2F)SC1=S. The summed E-state index contributed by atoms with van der Waals surface area (Å²) in [6, 6.07) is 6.37. The first-order valence-corrected chi connectivity index (χ1v) is 6.86. The molecule has 5 heteroatoms. The number of nitrogens with zero attached hydrogens (tertiary/aromatic N) is 1. The zero-order valence-corrected chi connectivity index (χ0v) is 11.5. The van der Waals surface area contributed by atoms with Gasteiger partial charge < -0.3 is 0 Å². The Bertz CT molecular complexity index is 527. The molecule has 0 bridgehead atoms. The highest BCUT2D eigenvalue weighted by atomic mass is 32.2. The number of thiocarbonyl (C=S) groups is 1. The van der Waals surface area contributed by atoms with Crippen LogP contribution >= 0.6 is 24.0 Å². The van der Waals surface area contributed by atoms with Gasteiger partial charge in [0.05, 0.1) is 4.91 Å². The molecule has 18 heavy (non-hydrogen) atoms. The molecule has 0 atom stereocenters. The largest absolute Gasteiger partial charge is 0.293 e. The van der Waals surface area contributed by atoms with Crippen LogP contribution in [0.4, 0.5) is 4.39 Å². The second kappa shape index (κ2) is 5.63. The van der Waals surface area contributed by atoms with Crippen molar-refractivity contribution in [1.29, 1.82) is 0 Å². The lowest BCUT2D eigenvalue weighted by atomic mass is 10.2. The van der Waals surface area contributed by atoms with Crippen LogP contribution in [0.5, 0.6) is 0 Å². The average molecular weight is 281 g/mol. The maximum atomic E-state index is 13.5. The first-order chi connectivity index (χ1) is 8.63. The molecule has 1 heterocycles. The highest BCUT2D eigenvalue weighted by Gasteiger charge is 2.31. The molecule has 1 amide bonds. The van der Waals surface area contributed by atoms with Crippen LogP contribution in [-0.4, -0.2) is 21.7 Å². The zero-order chi connectivity index (χ0) is 13.1. The molecule has 1 saturated heterocycles. The van der Waals surface area contributed by atoms with Crippen LogP contribution in [0.15, 0.2) is 29.2 Å². The third-order valence-corrected chi connectivity index (χ3v) is 3.89. The number of carbonyl (C=O) groups is 1. The number of halogens is 1. The van der Waals surface area contributed by atoms with E-state index in [1.54, 1.807) is 29.2 Å². The molecule has 1 aliphatic rings. The summed E-state index contributed by atoms with van der Waals surface area (Å²) < 4.78 is 14.0. The molecule has 1 fully saturated rings. The Morgan fingerprint density at radius 1 is 1.44 bits per heavy atom. The molecule has 0 spiro atoms. The molecule has 1 aromatic carbocycles. The summed E-state index contributed by atoms with van der Waals surface area (Å²) in [5, 5.41) is 0. The number of hydrogen-bond acceptors (Lipinski definition) is 3. The van der Waals surface area contributed by atoms with Crippen molar-refractivity contribution in [2.75, 3.05) is 6.54 Å². The van der Waals surface area contributed by atoms with E-state index in [0.717, 1.165) is 6.42 Å². The number of rotatable bonds is 3. The topological polar surface area (TPSA) is 20.3 Å². The van der Waals surface area contributed by atoms with Gasteiger partial charge in [-0.1, -0.05) is 49.1 Å². The molecule has 0 aliphatic carbocycles. The Labute approximate surface area is 115 Å². The molecule has 2 nitrogen and oxygen atoms in total. The lowest BCUT2D eigenvalue weighted by Gasteiger charge is -2.11. The van der Waals surface area contributed by atoms with Crippen molar-refractivity contribution in [2.24, 2.45) is 0 Å². The van der Waals surface area contributed by atoms with Crippen LogP contribution in [0.3, 0.4) is 0 Å². The maximum Gasteiger partial charge on any atom is 0.266 e. The van der Waals surface area contributed by atoms with E-state index in [1.807, 2.05) is 6.92 Å². The third-order valence-electron chi connectivity index (χ3n) is 2.51. The molecule has 94 valence electrons. The van der Waals surface area contributed by atoms with Gasteiger partial charge in [0, 0.05) is 12.1 Å². The number of carbonyl (C=O) groups excluding carboxylic acids is 1. The number of thioether (sulfide) groups is 1. The van der Waals surface area contributed by atoms with Gasteiger partial charge in [-0.2, -0.15) is 0 Å². The van der Waals surface area contributed by atoms with Crippen molar-refractivity contribution >= 4 is 40.3 Å². The van der Waals surface area contributed by atoms with E-state index in [-0.39, 0.29) is 11.7 Å². The molecular weight excluding hydrogens is 269 g/mol. The van der Waals surface area contributed by atoms with E-state index >= 15 is 0 Å². The van der Waals surface area contributed by atoms with E-state index in [4.69, 9.17) is 12.2 Å². The van der Waals surface area contributed by atoms with Gasteiger partial charge in [0.1, 0.15) is 10.1 Å². The van der Waals surface area contributed by atoms with Crippen molar-refractivity contribution in [3.8, 4) is 0 Å². The molecule has 0 saturated carbocycles. The summed E-state index contributed by atoms with van der Waals surface area (Å²) in [6.07, 6.45) is 2.41. The minimum Gasteiger partial charge on any atom is -0.293 e. The second-order valence-electron chi connectivity index (χ2n) is 3.85. The van der Waals surface area contributed by atoms with Gasteiger partial charge in [0.2, 0.25) is 0 Å². The monoisotopic (exact) mass is 281 g/mol. The molecule has 0 radical (unpaired) electrons. The summed E-state index contributed by atoms with van der Waals surface area (Å²) >= 11 is 6.37. The van der Waals surface area contributed by atoms with Gasteiger partial charge >= 0.3 is 0 Å². The van der Waals surface area contributed by atoms with Crippen molar-refractivity contribution in [1.82, 2.24) is 4.90 Å². The zero-order valence-electron chi connectivity index (χ0n) is 9.85. The maximum absolute atomic E-state index is 13.5. The fourth-order valence-corrected chi connectivity index (χ4v) is 2.95. The van der Waals surface area contributed by atoms with Crippen LogP contribution in [0.2, 0.25) is 0 Å². The van der Waals surface area contributed by atoms with Gasteiger partial charge in [-0.15, -0.1) is 0 Å². The van der Waals surface area contributed by atoms with E-state index in [0.29, 0.717) is 21.3 Å². The lowest BCUT2D eigenvalue weighted by molar-refractivity contribution is -0.122. The van der Waals surface area contributed by atoms with Gasteiger partial charge in [-0.05, 0) is 18.6 Å². The fourth-order valence-electron chi connectivity index (χ4n) is 1.65. The van der Waals surface area contributed by atoms with E-state index in [9.17, 15) is 9.18 Å². The van der Waals surface area contributed by atoms with Gasteiger partial charge in [0.25, 0.3) is 5.91 Å². The summed E-state index contributed by atoms with van der Waals surface area (Å²) in [4.78, 5) is 14.1. The lowest BCUT2D eigenvalue weighted by Crippen LogP contribution is -2.28. The van der Waals surface area contributed by atoms with Crippen LogP contribution in [-0.2, 0) is 4.79 Å². The predicted octanol–water partition coefficient (Wildman–Crippen LogP) is 3.44. The summed E-state index contributed by atoms with van der Waals surface area (Å²) in [7, 11) is 0. The first kappa shape index (κ1) is 13.2. The highest BCUT2D eigenvalue weighted by molar-refractivity contribution is 8.26. The molecule has 2 rings (SSSR count). The Balaban J connectivity index is 2.28. The second-order valence-corrected chi connectivity index (χ2v) is 5.53. The normalized spacial score (nSPS) is 17.9. The number of benzene rings is 1. The van der Waals surface area contributed by atoms with Crippen molar-refractivity contribution < 1.29 is 9.18 Å². The molecule has 0 unspecified atom stereocenters. The van der Waals surface area contributed by atoms with Crippen LogP contribution in [0.1, 0.15) is 18.9 Å². The molecule has 0 aromatic heterocycles. The van der Waals surface area contributed by atoms with Crippen molar-refractivity contribution in [3.05, 3.63) is 40.6 Å². The van der Waals surface area contributed by atoms with Gasteiger partial charge in [-0.25, -0.2) is 4.39 Å². The van der Waals surface area contributed by atoms with Gasteiger partial charge in [0.15, 0.2) is 0 Å². The molecule has 1 aliphatic heterocycles. The van der Waals surface area contributed by atoms with Crippen LogP contribution in [0, 0.1) is 5.82 Å². The van der Waals surface area contributed by atoms with Crippen LogP contribution in [0.25, 0.3) is 6.08 Å². The summed E-state index contributed by atoms with van der Waals surface area (Å²) in [5.41, 5.74) is 0.412. The Morgan fingerprint density at radius 3 is 2.83 bits per heavy atom. The Kier molecular flexibility index (Phi) is 4.14. The smallest absolute Gasteiger partial charge is 0.266 e. The standard InChI is InChI=1S/C13H12FNOS2/c1-2-7-15-12(16)11(18-13(15)17)8-9-5-3-4-6-10(9)14/h3-6,8H,2,7H2,1H3/b11-8-. The first-order valence-electron chi connectivity index (χ1n) is 5.63. The van der Waals surface area contributed by atoms with Crippen molar-refractivity contribution in [2.45, 2.75) is 13.3 Å². The van der Waals surface area contributed by atoms with Crippen molar-refractivity contribution in [3.63, 3.8) is 0 Å². The highest BCUT2D eigenvalue weighted by Crippen LogP contribution is 2.32. The molecule has 0 N–H and O–H groups in total. The summed E-state index contributed by atoms with van der Waals surface area (Å²) in [5.74, 6) is -0.464. The van der Waals surface area contributed by atoms with Gasteiger partial charge in [-0.3, -0.25) is 9.69 Å². The summed E-state index contributed by atoms with van der Waals surface area (Å²) in [6.45, 7) is 2.60. The van der Waals surface area contributed by atoms with E-state index in [2.05, 4.69) is 0 Å². The minimum absolute atomic E-state index is 0.130. The minimum atomic E-state index is -0.335. The van der Waals surface area contributed by atoms with E-state index in [1.165, 1.54) is 17.8 Å². The number of hydrogen-bond donors (Lipinski definition) is 0. The van der Waals surface area contributed by atoms with Crippen LogP contribution < -0.4 is 0 Å². The van der Waals surface area contributed by atoms with E-state index < -0.39 is 0 Å². The predicted molar refractivity (Wildman–Crippen MR) is 76.6 cm³/mol. The molecular formula is C13H12FNOS2. The third kappa shape index (κ3) is 2.62. The Hall–Kier alpha value is -1.20. The average Bonchev–Trinajstić information content (AvgIpc) is 2.60.